The summed E-state index contributed by atoms with van der Waals surface area (Å²) in [5, 5.41) is 3.14. The van der Waals surface area contributed by atoms with Gasteiger partial charge in [0.2, 0.25) is 5.91 Å². The van der Waals surface area contributed by atoms with Gasteiger partial charge in [0.15, 0.2) is 0 Å². The van der Waals surface area contributed by atoms with Gasteiger partial charge in [0, 0.05) is 17.5 Å². The fourth-order valence-corrected chi connectivity index (χ4v) is 2.34. The Balaban J connectivity index is 2.54. The van der Waals surface area contributed by atoms with Gasteiger partial charge in [-0.1, -0.05) is 13.8 Å². The second-order valence-electron chi connectivity index (χ2n) is 5.88. The Morgan fingerprint density at radius 3 is 2.56 bits per heavy atom. The van der Waals surface area contributed by atoms with Gasteiger partial charge in [0.05, 0.1) is 0 Å². The Bertz CT molecular complexity index is 250. The van der Waals surface area contributed by atoms with Crippen molar-refractivity contribution in [1.82, 2.24) is 5.32 Å². The fourth-order valence-electron chi connectivity index (χ4n) is 2.34. The van der Waals surface area contributed by atoms with Crippen molar-refractivity contribution in [3.63, 3.8) is 0 Å². The molecule has 0 spiro atoms. The predicted molar refractivity (Wildman–Crippen MR) is 67.0 cm³/mol. The summed E-state index contributed by atoms with van der Waals surface area (Å²) in [7, 11) is 0. The molecule has 0 aromatic rings. The smallest absolute Gasteiger partial charge is 0.223 e. The van der Waals surface area contributed by atoms with E-state index in [9.17, 15) is 4.79 Å². The lowest BCUT2D eigenvalue weighted by atomic mass is 9.77. The summed E-state index contributed by atoms with van der Waals surface area (Å²) in [6.07, 6.45) is 3.85. The molecule has 3 heteroatoms. The van der Waals surface area contributed by atoms with Gasteiger partial charge < -0.3 is 11.1 Å². The van der Waals surface area contributed by atoms with Crippen LogP contribution in [0.4, 0.5) is 0 Å². The third-order valence-corrected chi connectivity index (χ3v) is 3.89. The summed E-state index contributed by atoms with van der Waals surface area (Å²) in [4.78, 5) is 12.1. The summed E-state index contributed by atoms with van der Waals surface area (Å²) < 4.78 is 0. The minimum absolute atomic E-state index is 0.0869. The van der Waals surface area contributed by atoms with Crippen molar-refractivity contribution in [2.24, 2.45) is 17.6 Å². The molecule has 16 heavy (non-hydrogen) atoms. The van der Waals surface area contributed by atoms with E-state index >= 15 is 0 Å². The van der Waals surface area contributed by atoms with E-state index < -0.39 is 0 Å². The molecule has 1 amide bonds. The topological polar surface area (TPSA) is 55.1 Å². The van der Waals surface area contributed by atoms with E-state index in [1.807, 2.05) is 0 Å². The van der Waals surface area contributed by atoms with Crippen molar-refractivity contribution in [3.05, 3.63) is 0 Å². The van der Waals surface area contributed by atoms with Crippen molar-refractivity contribution in [1.29, 1.82) is 0 Å². The number of rotatable bonds is 3. The number of nitrogens with two attached hydrogens (primary N) is 1. The molecule has 94 valence electrons. The maximum atomic E-state index is 12.1. The van der Waals surface area contributed by atoms with E-state index in [1.54, 1.807) is 0 Å². The van der Waals surface area contributed by atoms with Gasteiger partial charge in [0.1, 0.15) is 0 Å². The van der Waals surface area contributed by atoms with Gasteiger partial charge in [-0.25, -0.2) is 0 Å². The van der Waals surface area contributed by atoms with Crippen LogP contribution in [0.25, 0.3) is 0 Å². The highest BCUT2D eigenvalue weighted by Crippen LogP contribution is 2.29. The Morgan fingerprint density at radius 1 is 1.44 bits per heavy atom. The third kappa shape index (κ3) is 3.48. The normalized spacial score (nSPS) is 31.2. The lowest BCUT2D eigenvalue weighted by Gasteiger charge is -2.34. The Morgan fingerprint density at radius 2 is 2.06 bits per heavy atom. The molecule has 1 saturated carbocycles. The predicted octanol–water partition coefficient (Wildman–Crippen LogP) is 2.05. The van der Waals surface area contributed by atoms with E-state index in [0.717, 1.165) is 25.7 Å². The Kier molecular flexibility index (Phi) is 4.36. The van der Waals surface area contributed by atoms with Gasteiger partial charge in [-0.3, -0.25) is 4.79 Å². The molecule has 1 rings (SSSR count). The number of carbonyl (C=O) groups is 1. The van der Waals surface area contributed by atoms with Gasteiger partial charge in [-0.2, -0.15) is 0 Å². The van der Waals surface area contributed by atoms with Crippen LogP contribution < -0.4 is 11.1 Å². The van der Waals surface area contributed by atoms with Crippen LogP contribution in [-0.2, 0) is 4.79 Å². The van der Waals surface area contributed by atoms with Crippen molar-refractivity contribution in [2.45, 2.75) is 65.0 Å². The molecule has 0 saturated heterocycles. The largest absolute Gasteiger partial charge is 0.351 e. The maximum absolute atomic E-state index is 12.1. The molecule has 1 aliphatic rings. The first-order chi connectivity index (χ1) is 7.35. The molecule has 0 aromatic carbocycles. The number of amides is 1. The zero-order chi connectivity index (χ0) is 12.3. The summed E-state index contributed by atoms with van der Waals surface area (Å²) in [5.41, 5.74) is 5.82. The molecule has 0 aromatic heterocycles. The highest BCUT2D eigenvalue weighted by atomic mass is 16.2. The number of hydrogen-bond acceptors (Lipinski definition) is 2. The van der Waals surface area contributed by atoms with Crippen LogP contribution in [-0.4, -0.2) is 17.5 Å². The first-order valence-electron chi connectivity index (χ1n) is 6.43. The Hall–Kier alpha value is -0.570. The number of hydrogen-bond donors (Lipinski definition) is 2. The number of carbonyl (C=O) groups excluding carboxylic acids is 1. The van der Waals surface area contributed by atoms with Crippen molar-refractivity contribution >= 4 is 5.91 Å². The quantitative estimate of drug-likeness (QED) is 0.774. The highest BCUT2D eigenvalue weighted by molar-refractivity contribution is 5.79. The van der Waals surface area contributed by atoms with Crippen LogP contribution in [0.1, 0.15) is 53.4 Å². The minimum atomic E-state index is -0.0869. The van der Waals surface area contributed by atoms with Crippen LogP contribution in [0.5, 0.6) is 0 Å². The molecule has 3 N–H and O–H groups in total. The summed E-state index contributed by atoms with van der Waals surface area (Å²) >= 11 is 0. The SMILES string of the molecule is CCC(C)(C)NC(=O)C1CCC(N)CC1C. The molecule has 1 aliphatic carbocycles. The molecule has 0 heterocycles. The second-order valence-corrected chi connectivity index (χ2v) is 5.88. The highest BCUT2D eigenvalue weighted by Gasteiger charge is 2.32. The van der Waals surface area contributed by atoms with Crippen molar-refractivity contribution < 1.29 is 4.79 Å². The van der Waals surface area contributed by atoms with Gasteiger partial charge >= 0.3 is 0 Å². The van der Waals surface area contributed by atoms with Crippen LogP contribution in [0.3, 0.4) is 0 Å². The van der Waals surface area contributed by atoms with Gasteiger partial charge in [-0.15, -0.1) is 0 Å². The average Bonchev–Trinajstić information content (AvgIpc) is 2.16. The maximum Gasteiger partial charge on any atom is 0.223 e. The average molecular weight is 226 g/mol. The summed E-state index contributed by atoms with van der Waals surface area (Å²) in [5.74, 6) is 0.785. The van der Waals surface area contributed by atoms with Gasteiger partial charge in [0.25, 0.3) is 0 Å². The molecule has 3 unspecified atom stereocenters. The van der Waals surface area contributed by atoms with E-state index in [-0.39, 0.29) is 17.4 Å². The lowest BCUT2D eigenvalue weighted by Crippen LogP contribution is -2.48. The summed E-state index contributed by atoms with van der Waals surface area (Å²) in [6.45, 7) is 8.39. The van der Waals surface area contributed by atoms with E-state index in [1.165, 1.54) is 0 Å². The standard InChI is InChI=1S/C13H26N2O/c1-5-13(3,4)15-12(16)11-7-6-10(14)8-9(11)2/h9-11H,5-8,14H2,1-4H3,(H,15,16). The molecule has 1 fully saturated rings. The molecular weight excluding hydrogens is 200 g/mol. The van der Waals surface area contributed by atoms with Gasteiger partial charge in [-0.05, 0) is 45.4 Å². The monoisotopic (exact) mass is 226 g/mol. The van der Waals surface area contributed by atoms with E-state index in [2.05, 4.69) is 33.0 Å². The van der Waals surface area contributed by atoms with Crippen LogP contribution in [0, 0.1) is 11.8 Å². The Labute approximate surface area is 99.2 Å². The lowest BCUT2D eigenvalue weighted by molar-refractivity contribution is -0.129. The first kappa shape index (κ1) is 13.5. The second kappa shape index (κ2) is 5.17. The zero-order valence-corrected chi connectivity index (χ0v) is 11.0. The fraction of sp³-hybridized carbons (Fsp3) is 0.923. The molecular formula is C13H26N2O. The van der Waals surface area contributed by atoms with Crippen LogP contribution >= 0.6 is 0 Å². The van der Waals surface area contributed by atoms with Crippen molar-refractivity contribution in [2.75, 3.05) is 0 Å². The van der Waals surface area contributed by atoms with Crippen LogP contribution in [0.2, 0.25) is 0 Å². The molecule has 0 aliphatic heterocycles. The van der Waals surface area contributed by atoms with Crippen LogP contribution in [0.15, 0.2) is 0 Å². The van der Waals surface area contributed by atoms with E-state index in [4.69, 9.17) is 5.73 Å². The zero-order valence-electron chi connectivity index (χ0n) is 11.0. The molecule has 3 atom stereocenters. The minimum Gasteiger partial charge on any atom is -0.351 e. The molecule has 0 bridgehead atoms. The summed E-state index contributed by atoms with van der Waals surface area (Å²) in [6, 6.07) is 0.290. The van der Waals surface area contributed by atoms with E-state index in [0.29, 0.717) is 12.0 Å². The van der Waals surface area contributed by atoms with Crippen molar-refractivity contribution in [3.8, 4) is 0 Å². The molecule has 3 nitrogen and oxygen atoms in total. The third-order valence-electron chi connectivity index (χ3n) is 3.89. The number of nitrogens with one attached hydrogen (secondary N) is 1. The molecule has 0 radical (unpaired) electrons. The first-order valence-corrected chi connectivity index (χ1v) is 6.43.